The van der Waals surface area contributed by atoms with Gasteiger partial charge in [-0.15, -0.1) is 0 Å². The number of anilines is 1. The molecule has 0 aliphatic carbocycles. The molecule has 1 aromatic heterocycles. The van der Waals surface area contributed by atoms with Gasteiger partial charge in [0.1, 0.15) is 5.82 Å². The van der Waals surface area contributed by atoms with Gasteiger partial charge in [-0.05, 0) is 31.9 Å². The molecule has 13 heavy (non-hydrogen) atoms. The highest BCUT2D eigenvalue weighted by Crippen LogP contribution is 2.17. The van der Waals surface area contributed by atoms with E-state index in [0.717, 1.165) is 12.2 Å². The van der Waals surface area contributed by atoms with Crippen LogP contribution in [0.15, 0.2) is 18.3 Å². The third kappa shape index (κ3) is 2.20. The average molecular weight is 178 g/mol. The third-order valence-electron chi connectivity index (χ3n) is 2.36. The molecule has 0 bridgehead atoms. The van der Waals surface area contributed by atoms with Crippen LogP contribution in [0.3, 0.4) is 0 Å². The molecule has 0 saturated carbocycles. The fourth-order valence-electron chi connectivity index (χ4n) is 1.27. The topological polar surface area (TPSA) is 16.1 Å². The first kappa shape index (κ1) is 10.0. The minimum Gasteiger partial charge on any atom is -0.357 e. The van der Waals surface area contributed by atoms with Gasteiger partial charge in [0, 0.05) is 19.3 Å². The molecular weight excluding hydrogens is 160 g/mol. The molecule has 0 saturated heterocycles. The predicted octanol–water partition coefficient (Wildman–Crippen LogP) is 2.49. The second-order valence-corrected chi connectivity index (χ2v) is 3.54. The number of aromatic nitrogens is 1. The number of pyridine rings is 1. The number of hydrogen-bond acceptors (Lipinski definition) is 2. The van der Waals surface area contributed by atoms with Crippen molar-refractivity contribution in [1.82, 2.24) is 4.98 Å². The van der Waals surface area contributed by atoms with Crippen LogP contribution in [0.1, 0.15) is 26.3 Å². The molecule has 1 aromatic rings. The van der Waals surface area contributed by atoms with E-state index in [-0.39, 0.29) is 0 Å². The molecular formula is C11H18N2. The van der Waals surface area contributed by atoms with E-state index in [4.69, 9.17) is 0 Å². The van der Waals surface area contributed by atoms with Gasteiger partial charge in [0.05, 0.1) is 0 Å². The molecule has 0 unspecified atom stereocenters. The zero-order chi connectivity index (χ0) is 9.84. The predicted molar refractivity (Wildman–Crippen MR) is 57.2 cm³/mol. The van der Waals surface area contributed by atoms with Crippen LogP contribution in [0.5, 0.6) is 0 Å². The van der Waals surface area contributed by atoms with Gasteiger partial charge >= 0.3 is 0 Å². The summed E-state index contributed by atoms with van der Waals surface area (Å²) in [5.41, 5.74) is 1.32. The highest BCUT2D eigenvalue weighted by molar-refractivity contribution is 5.46. The van der Waals surface area contributed by atoms with Crippen LogP contribution in [0.4, 0.5) is 5.82 Å². The summed E-state index contributed by atoms with van der Waals surface area (Å²) < 4.78 is 0. The molecule has 0 N–H and O–H groups in total. The molecule has 1 heterocycles. The van der Waals surface area contributed by atoms with Gasteiger partial charge in [0.15, 0.2) is 0 Å². The van der Waals surface area contributed by atoms with E-state index in [9.17, 15) is 0 Å². The maximum atomic E-state index is 4.40. The van der Waals surface area contributed by atoms with Gasteiger partial charge in [0.2, 0.25) is 0 Å². The van der Waals surface area contributed by atoms with Crippen LogP contribution in [0.25, 0.3) is 0 Å². The van der Waals surface area contributed by atoms with E-state index < -0.39 is 0 Å². The molecule has 0 atom stereocenters. The standard InChI is InChI=1S/C11H18N2/c1-5-10-7-6-8-12-11(10)13(4)9(2)3/h6-9H,5H2,1-4H3. The third-order valence-corrected chi connectivity index (χ3v) is 2.36. The Hall–Kier alpha value is -1.05. The van der Waals surface area contributed by atoms with Crippen molar-refractivity contribution >= 4 is 5.82 Å². The van der Waals surface area contributed by atoms with Crippen molar-refractivity contribution in [2.45, 2.75) is 33.2 Å². The molecule has 0 spiro atoms. The van der Waals surface area contributed by atoms with Gasteiger partial charge in [-0.1, -0.05) is 13.0 Å². The van der Waals surface area contributed by atoms with Gasteiger partial charge in [-0.2, -0.15) is 0 Å². The molecule has 72 valence electrons. The minimum absolute atomic E-state index is 0.500. The first-order valence-electron chi connectivity index (χ1n) is 4.83. The molecule has 0 aliphatic rings. The van der Waals surface area contributed by atoms with E-state index in [1.807, 2.05) is 12.3 Å². The number of nitrogens with zero attached hydrogens (tertiary/aromatic N) is 2. The number of aryl methyl sites for hydroxylation is 1. The van der Waals surface area contributed by atoms with Crippen molar-refractivity contribution in [3.8, 4) is 0 Å². The van der Waals surface area contributed by atoms with Crippen LogP contribution in [-0.4, -0.2) is 18.1 Å². The van der Waals surface area contributed by atoms with Crippen LogP contribution in [-0.2, 0) is 6.42 Å². The SMILES string of the molecule is CCc1cccnc1N(C)C(C)C. The zero-order valence-corrected chi connectivity index (χ0v) is 8.91. The highest BCUT2D eigenvalue weighted by atomic mass is 15.2. The van der Waals surface area contributed by atoms with Gasteiger partial charge in [-0.3, -0.25) is 0 Å². The molecule has 1 rings (SSSR count). The van der Waals surface area contributed by atoms with E-state index in [1.54, 1.807) is 0 Å². The van der Waals surface area contributed by atoms with Crippen LogP contribution < -0.4 is 4.90 Å². The van der Waals surface area contributed by atoms with Crippen molar-refractivity contribution in [2.75, 3.05) is 11.9 Å². The largest absolute Gasteiger partial charge is 0.357 e. The summed E-state index contributed by atoms with van der Waals surface area (Å²) in [6.45, 7) is 6.51. The molecule has 0 aliphatic heterocycles. The van der Waals surface area contributed by atoms with E-state index in [2.05, 4.69) is 43.8 Å². The molecule has 2 heteroatoms. The fraction of sp³-hybridized carbons (Fsp3) is 0.545. The maximum absolute atomic E-state index is 4.40. The number of hydrogen-bond donors (Lipinski definition) is 0. The summed E-state index contributed by atoms with van der Waals surface area (Å²) in [6.07, 6.45) is 2.90. The fourth-order valence-corrected chi connectivity index (χ4v) is 1.27. The second-order valence-electron chi connectivity index (χ2n) is 3.54. The monoisotopic (exact) mass is 178 g/mol. The summed E-state index contributed by atoms with van der Waals surface area (Å²) in [6, 6.07) is 4.64. The molecule has 0 fully saturated rings. The van der Waals surface area contributed by atoms with E-state index >= 15 is 0 Å². The Morgan fingerprint density at radius 1 is 1.46 bits per heavy atom. The lowest BCUT2D eigenvalue weighted by molar-refractivity contribution is 0.737. The molecule has 0 aromatic carbocycles. The lowest BCUT2D eigenvalue weighted by atomic mass is 10.2. The van der Waals surface area contributed by atoms with Gasteiger partial charge in [0.25, 0.3) is 0 Å². The van der Waals surface area contributed by atoms with Gasteiger partial charge < -0.3 is 4.90 Å². The second kappa shape index (κ2) is 4.26. The van der Waals surface area contributed by atoms with E-state index in [0.29, 0.717) is 6.04 Å². The van der Waals surface area contributed by atoms with Gasteiger partial charge in [-0.25, -0.2) is 4.98 Å². The lowest BCUT2D eigenvalue weighted by Gasteiger charge is -2.24. The van der Waals surface area contributed by atoms with Crippen LogP contribution in [0, 0.1) is 0 Å². The Morgan fingerprint density at radius 2 is 2.15 bits per heavy atom. The van der Waals surface area contributed by atoms with Crippen molar-refractivity contribution in [3.05, 3.63) is 23.9 Å². The maximum Gasteiger partial charge on any atom is 0.131 e. The number of rotatable bonds is 3. The Labute approximate surface area is 80.6 Å². The molecule has 0 radical (unpaired) electrons. The van der Waals surface area contributed by atoms with Crippen molar-refractivity contribution in [3.63, 3.8) is 0 Å². The Kier molecular flexibility index (Phi) is 3.29. The first-order chi connectivity index (χ1) is 6.16. The Balaban J connectivity index is 2.98. The Morgan fingerprint density at radius 3 is 2.69 bits per heavy atom. The molecule has 2 nitrogen and oxygen atoms in total. The van der Waals surface area contributed by atoms with Crippen molar-refractivity contribution in [2.24, 2.45) is 0 Å². The van der Waals surface area contributed by atoms with Crippen LogP contribution >= 0.6 is 0 Å². The Bertz CT molecular complexity index is 269. The average Bonchev–Trinajstić information content (AvgIpc) is 2.16. The summed E-state index contributed by atoms with van der Waals surface area (Å²) in [5.74, 6) is 1.11. The minimum atomic E-state index is 0.500. The zero-order valence-electron chi connectivity index (χ0n) is 8.91. The van der Waals surface area contributed by atoms with Crippen molar-refractivity contribution in [1.29, 1.82) is 0 Å². The smallest absolute Gasteiger partial charge is 0.131 e. The summed E-state index contributed by atoms with van der Waals surface area (Å²) in [4.78, 5) is 6.60. The molecule has 0 amide bonds. The van der Waals surface area contributed by atoms with E-state index in [1.165, 1.54) is 5.56 Å². The first-order valence-corrected chi connectivity index (χ1v) is 4.83. The highest BCUT2D eigenvalue weighted by Gasteiger charge is 2.09. The lowest BCUT2D eigenvalue weighted by Crippen LogP contribution is -2.27. The van der Waals surface area contributed by atoms with Crippen LogP contribution in [0.2, 0.25) is 0 Å². The normalized spacial score (nSPS) is 10.5. The quantitative estimate of drug-likeness (QED) is 0.707. The summed E-state index contributed by atoms with van der Waals surface area (Å²) in [7, 11) is 2.09. The van der Waals surface area contributed by atoms with Crippen molar-refractivity contribution < 1.29 is 0 Å². The summed E-state index contributed by atoms with van der Waals surface area (Å²) in [5, 5.41) is 0. The summed E-state index contributed by atoms with van der Waals surface area (Å²) >= 11 is 0.